The maximum absolute atomic E-state index is 5.54. The van der Waals surface area contributed by atoms with Gasteiger partial charge in [0, 0.05) is 35.0 Å². The highest BCUT2D eigenvalue weighted by Gasteiger charge is 2.14. The molecule has 0 saturated carbocycles. The molecular formula is C31H26Br4N2. The second-order valence-electron chi connectivity index (χ2n) is 7.92. The first kappa shape index (κ1) is 29.2. The van der Waals surface area contributed by atoms with Gasteiger partial charge in [0.05, 0.1) is 5.69 Å². The molecule has 0 saturated heterocycles. The quantitative estimate of drug-likeness (QED) is 0.186. The Morgan fingerprint density at radius 2 is 0.946 bits per heavy atom. The summed E-state index contributed by atoms with van der Waals surface area (Å²) in [6, 6.07) is 42.9. The van der Waals surface area contributed by atoms with E-state index in [4.69, 9.17) is 5.73 Å². The molecule has 0 bridgehead atoms. The molecule has 6 heteroatoms. The Morgan fingerprint density at radius 3 is 1.35 bits per heavy atom. The highest BCUT2D eigenvalue weighted by molar-refractivity contribution is 9.11. The van der Waals surface area contributed by atoms with E-state index in [1.807, 2.05) is 54.6 Å². The van der Waals surface area contributed by atoms with Gasteiger partial charge in [0.1, 0.15) is 0 Å². The van der Waals surface area contributed by atoms with E-state index < -0.39 is 0 Å². The number of nitrogen functional groups attached to an aromatic ring is 1. The third-order valence-electron chi connectivity index (χ3n) is 5.08. The Morgan fingerprint density at radius 1 is 0.514 bits per heavy atom. The molecule has 0 unspecified atom stereocenters. The summed E-state index contributed by atoms with van der Waals surface area (Å²) < 4.78 is 4.05. The van der Waals surface area contributed by atoms with Gasteiger partial charge >= 0.3 is 0 Å². The highest BCUT2D eigenvalue weighted by atomic mass is 79.9. The van der Waals surface area contributed by atoms with Gasteiger partial charge in [-0.25, -0.2) is 0 Å². The van der Waals surface area contributed by atoms with Gasteiger partial charge in [-0.1, -0.05) is 104 Å². The van der Waals surface area contributed by atoms with Gasteiger partial charge in [-0.15, -0.1) is 0 Å². The molecule has 37 heavy (non-hydrogen) atoms. The summed E-state index contributed by atoms with van der Waals surface area (Å²) in [6.45, 7) is 2.08. The van der Waals surface area contributed by atoms with Crippen LogP contribution in [0.4, 0.5) is 22.7 Å². The normalized spacial score (nSPS) is 9.86. The van der Waals surface area contributed by atoms with Crippen molar-refractivity contribution in [2.24, 2.45) is 0 Å². The molecule has 5 rings (SSSR count). The number of hydrogen-bond donors (Lipinski definition) is 1. The Hall–Kier alpha value is -2.38. The van der Waals surface area contributed by atoms with Crippen LogP contribution in [0, 0.1) is 6.92 Å². The number of benzene rings is 5. The van der Waals surface area contributed by atoms with Crippen molar-refractivity contribution in [1.82, 2.24) is 0 Å². The largest absolute Gasteiger partial charge is 0.398 e. The van der Waals surface area contributed by atoms with E-state index in [1.165, 1.54) is 5.56 Å². The van der Waals surface area contributed by atoms with Crippen molar-refractivity contribution in [3.05, 3.63) is 151 Å². The number of hydrogen-bond acceptors (Lipinski definition) is 2. The molecular weight excluding hydrogens is 720 g/mol. The Balaban J connectivity index is 0.000000194. The van der Waals surface area contributed by atoms with Crippen molar-refractivity contribution in [2.75, 3.05) is 10.6 Å². The average Bonchev–Trinajstić information content (AvgIpc) is 2.91. The fraction of sp³-hybridized carbons (Fsp3) is 0.0323. The molecule has 0 atom stereocenters. The van der Waals surface area contributed by atoms with E-state index in [1.54, 1.807) is 0 Å². The van der Waals surface area contributed by atoms with Crippen LogP contribution in [0.3, 0.4) is 0 Å². The first-order chi connectivity index (χ1) is 17.8. The van der Waals surface area contributed by atoms with Crippen molar-refractivity contribution in [2.45, 2.75) is 6.92 Å². The molecule has 0 aliphatic rings. The highest BCUT2D eigenvalue weighted by Crippen LogP contribution is 2.39. The number of rotatable bonds is 3. The van der Waals surface area contributed by atoms with Crippen LogP contribution in [0.1, 0.15) is 5.56 Å². The van der Waals surface area contributed by atoms with Gasteiger partial charge in [-0.2, -0.15) is 0 Å². The minimum Gasteiger partial charge on any atom is -0.398 e. The van der Waals surface area contributed by atoms with E-state index in [0.29, 0.717) is 0 Å². The fourth-order valence-corrected chi connectivity index (χ4v) is 4.69. The van der Waals surface area contributed by atoms with E-state index in [2.05, 4.69) is 148 Å². The van der Waals surface area contributed by atoms with Crippen LogP contribution in [-0.2, 0) is 0 Å². The fourth-order valence-electron chi connectivity index (χ4n) is 3.29. The first-order valence-electron chi connectivity index (χ1n) is 11.4. The summed E-state index contributed by atoms with van der Waals surface area (Å²) in [5, 5.41) is 0. The minimum absolute atomic E-state index is 0.754. The number of halogens is 4. The molecule has 0 aromatic heterocycles. The van der Waals surface area contributed by atoms with Crippen molar-refractivity contribution in [3.63, 3.8) is 0 Å². The van der Waals surface area contributed by atoms with Crippen molar-refractivity contribution < 1.29 is 0 Å². The molecule has 188 valence electrons. The lowest BCUT2D eigenvalue weighted by Crippen LogP contribution is -2.10. The Kier molecular flexibility index (Phi) is 11.9. The first-order valence-corrected chi connectivity index (χ1v) is 14.6. The maximum Gasteiger partial charge on any atom is 0.0614 e. The number of nitrogens with two attached hydrogens (primary N) is 1. The second kappa shape index (κ2) is 15.1. The SMILES string of the molecule is Brc1ccc(Br)c(N(c2ccccc2)c2ccccc2)c1.Cc1ccccc1.Nc1cc(Br)ccc1Br. The van der Waals surface area contributed by atoms with Gasteiger partial charge < -0.3 is 10.6 Å². The van der Waals surface area contributed by atoms with Gasteiger partial charge in [0.15, 0.2) is 0 Å². The molecule has 0 aliphatic heterocycles. The predicted octanol–water partition coefficient (Wildman–Crippen LogP) is 11.5. The zero-order valence-corrected chi connectivity index (χ0v) is 26.5. The lowest BCUT2D eigenvalue weighted by Gasteiger charge is -2.26. The van der Waals surface area contributed by atoms with E-state index in [-0.39, 0.29) is 0 Å². The average molecular weight is 746 g/mol. The summed E-state index contributed by atoms with van der Waals surface area (Å²) in [5.41, 5.74) is 11.0. The third kappa shape index (κ3) is 9.46. The summed E-state index contributed by atoms with van der Waals surface area (Å²) in [5.74, 6) is 0. The van der Waals surface area contributed by atoms with E-state index >= 15 is 0 Å². The van der Waals surface area contributed by atoms with Crippen molar-refractivity contribution in [3.8, 4) is 0 Å². The zero-order chi connectivity index (χ0) is 26.6. The van der Waals surface area contributed by atoms with Gasteiger partial charge in [-0.3, -0.25) is 0 Å². The molecule has 0 radical (unpaired) electrons. The molecule has 5 aromatic carbocycles. The number of nitrogens with zero attached hydrogens (tertiary/aromatic N) is 1. The molecule has 0 aliphatic carbocycles. The number of anilines is 4. The van der Waals surface area contributed by atoms with Crippen LogP contribution in [0.15, 0.2) is 145 Å². The summed E-state index contributed by atoms with van der Waals surface area (Å²) in [4.78, 5) is 2.23. The summed E-state index contributed by atoms with van der Waals surface area (Å²) >= 11 is 13.8. The molecule has 0 amide bonds. The Labute approximate surface area is 253 Å². The van der Waals surface area contributed by atoms with Crippen LogP contribution in [0.2, 0.25) is 0 Å². The van der Waals surface area contributed by atoms with Crippen molar-refractivity contribution in [1.29, 1.82) is 0 Å². The van der Waals surface area contributed by atoms with E-state index in [0.717, 1.165) is 40.6 Å². The van der Waals surface area contributed by atoms with Crippen LogP contribution >= 0.6 is 63.7 Å². The van der Waals surface area contributed by atoms with Crippen LogP contribution in [0.5, 0.6) is 0 Å². The van der Waals surface area contributed by atoms with Gasteiger partial charge in [0.25, 0.3) is 0 Å². The topological polar surface area (TPSA) is 29.3 Å². The maximum atomic E-state index is 5.54. The van der Waals surface area contributed by atoms with Crippen molar-refractivity contribution >= 4 is 86.5 Å². The molecule has 2 nitrogen and oxygen atoms in total. The van der Waals surface area contributed by atoms with Crippen LogP contribution < -0.4 is 10.6 Å². The molecule has 2 N–H and O–H groups in total. The number of para-hydroxylation sites is 2. The monoisotopic (exact) mass is 742 g/mol. The molecule has 0 fully saturated rings. The smallest absolute Gasteiger partial charge is 0.0614 e. The standard InChI is InChI=1S/C18H13Br2N.C7H8.C6H5Br2N/c19-14-11-12-17(20)18(13-14)21(15-7-3-1-4-8-15)16-9-5-2-6-10-16;1-7-5-3-2-4-6-7;7-4-1-2-5(8)6(9)3-4/h1-13H;2-6H,1H3;1-3H,9H2. The molecule has 0 heterocycles. The lowest BCUT2D eigenvalue weighted by atomic mass is 10.2. The van der Waals surface area contributed by atoms with Crippen LogP contribution in [0.25, 0.3) is 0 Å². The van der Waals surface area contributed by atoms with Crippen LogP contribution in [-0.4, -0.2) is 0 Å². The lowest BCUT2D eigenvalue weighted by molar-refractivity contribution is 1.27. The number of aryl methyl sites for hydroxylation is 1. The summed E-state index contributed by atoms with van der Waals surface area (Å²) in [6.07, 6.45) is 0. The Bertz CT molecular complexity index is 1340. The van der Waals surface area contributed by atoms with E-state index in [9.17, 15) is 0 Å². The predicted molar refractivity (Wildman–Crippen MR) is 174 cm³/mol. The second-order valence-corrected chi connectivity index (χ2v) is 11.5. The third-order valence-corrected chi connectivity index (χ3v) is 7.46. The summed E-state index contributed by atoms with van der Waals surface area (Å²) in [7, 11) is 0. The minimum atomic E-state index is 0.754. The molecule has 0 spiro atoms. The molecule has 5 aromatic rings. The van der Waals surface area contributed by atoms with Gasteiger partial charge in [0.2, 0.25) is 0 Å². The zero-order valence-electron chi connectivity index (χ0n) is 20.2. The van der Waals surface area contributed by atoms with Gasteiger partial charge in [-0.05, 0) is 99.4 Å².